The first-order valence-electron chi connectivity index (χ1n) is 10.4. The van der Waals surface area contributed by atoms with Crippen molar-refractivity contribution in [3.05, 3.63) is 54.1 Å². The summed E-state index contributed by atoms with van der Waals surface area (Å²) in [5, 5.41) is 0. The van der Waals surface area contributed by atoms with E-state index in [1.165, 1.54) is 24.9 Å². The maximum Gasteiger partial charge on any atom is 0.240 e. The van der Waals surface area contributed by atoms with Gasteiger partial charge in [0.25, 0.3) is 0 Å². The molecule has 2 aromatic rings. The van der Waals surface area contributed by atoms with Crippen LogP contribution in [0.25, 0.3) is 11.1 Å². The molecule has 1 saturated heterocycles. The molecule has 2 fully saturated rings. The maximum absolute atomic E-state index is 12.3. The molecule has 1 saturated carbocycles. The number of hydrogen-bond acceptors (Lipinski definition) is 3. The zero-order valence-electron chi connectivity index (χ0n) is 16.6. The van der Waals surface area contributed by atoms with Crippen molar-refractivity contribution in [3.63, 3.8) is 0 Å². The molecule has 4 rings (SSSR count). The monoisotopic (exact) mass is 398 g/mol. The molecule has 1 atom stereocenters. The molecule has 5 heteroatoms. The zero-order chi connectivity index (χ0) is 19.6. The Hall–Kier alpha value is -1.69. The van der Waals surface area contributed by atoms with Gasteiger partial charge in [-0.3, -0.25) is 0 Å². The van der Waals surface area contributed by atoms with Gasteiger partial charge in [0.05, 0.1) is 4.90 Å². The zero-order valence-corrected chi connectivity index (χ0v) is 17.4. The van der Waals surface area contributed by atoms with Crippen molar-refractivity contribution in [2.45, 2.75) is 50.0 Å². The first kappa shape index (κ1) is 19.6. The van der Waals surface area contributed by atoms with Crippen molar-refractivity contribution < 1.29 is 8.42 Å². The lowest BCUT2D eigenvalue weighted by atomic mass is 10.0. The highest BCUT2D eigenvalue weighted by molar-refractivity contribution is 7.89. The van der Waals surface area contributed by atoms with Crippen LogP contribution in [-0.2, 0) is 16.4 Å². The van der Waals surface area contributed by atoms with Crippen molar-refractivity contribution in [3.8, 4) is 11.1 Å². The molecule has 0 radical (unpaired) electrons. The highest BCUT2D eigenvalue weighted by Crippen LogP contribution is 2.28. The van der Waals surface area contributed by atoms with Gasteiger partial charge in [-0.15, -0.1) is 0 Å². The summed E-state index contributed by atoms with van der Waals surface area (Å²) < 4.78 is 27.4. The summed E-state index contributed by atoms with van der Waals surface area (Å²) in [5.41, 5.74) is 3.51. The van der Waals surface area contributed by atoms with Crippen molar-refractivity contribution in [1.29, 1.82) is 0 Å². The number of nitrogens with one attached hydrogen (secondary N) is 1. The van der Waals surface area contributed by atoms with Gasteiger partial charge >= 0.3 is 0 Å². The third-order valence-corrected chi connectivity index (χ3v) is 7.53. The quantitative estimate of drug-likeness (QED) is 0.729. The third-order valence-electron chi connectivity index (χ3n) is 6.09. The van der Waals surface area contributed by atoms with Crippen LogP contribution in [0.5, 0.6) is 0 Å². The SMILES string of the molecule is C[C@@H]1CCCN1CCc1ccc(-c2ccc(S(=O)(=O)NCC3CC3)cc2)cc1. The van der Waals surface area contributed by atoms with E-state index < -0.39 is 10.0 Å². The molecule has 1 N–H and O–H groups in total. The number of nitrogens with zero attached hydrogens (tertiary/aromatic N) is 1. The van der Waals surface area contributed by atoms with Gasteiger partial charge in [-0.05, 0) is 80.3 Å². The first-order chi connectivity index (χ1) is 13.5. The second kappa shape index (κ2) is 8.36. The Labute approximate surface area is 169 Å². The molecule has 0 spiro atoms. The van der Waals surface area contributed by atoms with E-state index in [9.17, 15) is 8.42 Å². The Balaban J connectivity index is 1.37. The van der Waals surface area contributed by atoms with E-state index in [0.29, 0.717) is 23.4 Å². The Morgan fingerprint density at radius 1 is 0.964 bits per heavy atom. The van der Waals surface area contributed by atoms with Gasteiger partial charge in [-0.25, -0.2) is 13.1 Å². The highest BCUT2D eigenvalue weighted by atomic mass is 32.2. The van der Waals surface area contributed by atoms with Crippen molar-refractivity contribution in [2.24, 2.45) is 5.92 Å². The fourth-order valence-corrected chi connectivity index (χ4v) is 5.04. The van der Waals surface area contributed by atoms with Gasteiger partial charge in [0.2, 0.25) is 10.0 Å². The van der Waals surface area contributed by atoms with Gasteiger partial charge in [0.1, 0.15) is 0 Å². The summed E-state index contributed by atoms with van der Waals surface area (Å²) in [7, 11) is -3.40. The molecule has 150 valence electrons. The Morgan fingerprint density at radius 3 is 2.18 bits per heavy atom. The van der Waals surface area contributed by atoms with Crippen LogP contribution in [-0.4, -0.2) is 39.0 Å². The van der Waals surface area contributed by atoms with Crippen LogP contribution in [0.1, 0.15) is 38.2 Å². The summed E-state index contributed by atoms with van der Waals surface area (Å²) in [5.74, 6) is 0.529. The smallest absolute Gasteiger partial charge is 0.240 e. The van der Waals surface area contributed by atoms with E-state index in [4.69, 9.17) is 0 Å². The van der Waals surface area contributed by atoms with Crippen LogP contribution in [0.4, 0.5) is 0 Å². The molecule has 28 heavy (non-hydrogen) atoms. The first-order valence-corrected chi connectivity index (χ1v) is 11.9. The predicted molar refractivity (Wildman–Crippen MR) is 114 cm³/mol. The standard InChI is InChI=1S/C23H30N2O2S/c1-18-3-2-15-25(18)16-14-19-6-8-21(9-7-19)22-10-12-23(13-11-22)28(26,27)24-17-20-4-5-20/h6-13,18,20,24H,2-5,14-17H2,1H3/t18-/m1/s1. The molecule has 0 amide bonds. The van der Waals surface area contributed by atoms with Crippen molar-refractivity contribution in [2.75, 3.05) is 19.6 Å². The summed E-state index contributed by atoms with van der Waals surface area (Å²) >= 11 is 0. The topological polar surface area (TPSA) is 49.4 Å². The van der Waals surface area contributed by atoms with Crippen molar-refractivity contribution in [1.82, 2.24) is 9.62 Å². The van der Waals surface area contributed by atoms with Crippen LogP contribution in [0, 0.1) is 5.92 Å². The van der Waals surface area contributed by atoms with Crippen LogP contribution in [0.3, 0.4) is 0 Å². The normalized spacial score (nSPS) is 20.5. The number of benzene rings is 2. The van der Waals surface area contributed by atoms with Gasteiger partial charge in [-0.2, -0.15) is 0 Å². The van der Waals surface area contributed by atoms with E-state index >= 15 is 0 Å². The molecular formula is C23H30N2O2S. The summed E-state index contributed by atoms with van der Waals surface area (Å²) in [6, 6.07) is 16.6. The van der Waals surface area contributed by atoms with E-state index in [0.717, 1.165) is 36.9 Å². The lowest BCUT2D eigenvalue weighted by Crippen LogP contribution is -2.28. The third kappa shape index (κ3) is 4.83. The number of rotatable bonds is 8. The number of sulfonamides is 1. The van der Waals surface area contributed by atoms with E-state index in [1.54, 1.807) is 12.1 Å². The highest BCUT2D eigenvalue weighted by Gasteiger charge is 2.24. The lowest BCUT2D eigenvalue weighted by Gasteiger charge is -2.20. The number of hydrogen-bond donors (Lipinski definition) is 1. The average Bonchev–Trinajstić information content (AvgIpc) is 3.46. The van der Waals surface area contributed by atoms with Crippen molar-refractivity contribution >= 4 is 10.0 Å². The van der Waals surface area contributed by atoms with Crippen LogP contribution >= 0.6 is 0 Å². The molecule has 0 unspecified atom stereocenters. The second-order valence-electron chi connectivity index (χ2n) is 8.29. The maximum atomic E-state index is 12.3. The van der Waals surface area contributed by atoms with E-state index in [-0.39, 0.29) is 0 Å². The van der Waals surface area contributed by atoms with E-state index in [1.807, 2.05) is 12.1 Å². The number of likely N-dealkylation sites (tertiary alicyclic amines) is 1. The fourth-order valence-electron chi connectivity index (χ4n) is 3.92. The minimum atomic E-state index is -3.40. The molecular weight excluding hydrogens is 368 g/mol. The molecule has 2 aromatic carbocycles. The molecule has 1 aliphatic heterocycles. The van der Waals surface area contributed by atoms with E-state index in [2.05, 4.69) is 40.8 Å². The second-order valence-corrected chi connectivity index (χ2v) is 10.1. The molecule has 4 nitrogen and oxygen atoms in total. The lowest BCUT2D eigenvalue weighted by molar-refractivity contribution is 0.272. The minimum absolute atomic E-state index is 0.341. The Morgan fingerprint density at radius 2 is 1.61 bits per heavy atom. The molecule has 1 aliphatic carbocycles. The van der Waals surface area contributed by atoms with Crippen LogP contribution < -0.4 is 4.72 Å². The summed E-state index contributed by atoms with van der Waals surface area (Å²) in [6.07, 6.45) is 5.99. The van der Waals surface area contributed by atoms with Gasteiger partial charge in [-0.1, -0.05) is 36.4 Å². The summed E-state index contributed by atoms with van der Waals surface area (Å²) in [4.78, 5) is 2.91. The molecule has 1 heterocycles. The Kier molecular flexibility index (Phi) is 5.85. The predicted octanol–water partition coefficient (Wildman–Crippen LogP) is 4.07. The van der Waals surface area contributed by atoms with Crippen LogP contribution in [0.15, 0.2) is 53.4 Å². The summed E-state index contributed by atoms with van der Waals surface area (Å²) in [6.45, 7) is 5.23. The van der Waals surface area contributed by atoms with Gasteiger partial charge in [0, 0.05) is 19.1 Å². The molecule has 0 bridgehead atoms. The largest absolute Gasteiger partial charge is 0.300 e. The average molecular weight is 399 g/mol. The van der Waals surface area contributed by atoms with Gasteiger partial charge in [0.15, 0.2) is 0 Å². The Bertz CT molecular complexity index is 887. The minimum Gasteiger partial charge on any atom is -0.300 e. The molecule has 2 aliphatic rings. The van der Waals surface area contributed by atoms with Gasteiger partial charge < -0.3 is 4.90 Å². The van der Waals surface area contributed by atoms with Crippen LogP contribution in [0.2, 0.25) is 0 Å². The fraction of sp³-hybridized carbons (Fsp3) is 0.478. The molecule has 0 aromatic heterocycles.